The maximum atomic E-state index is 12.0. The summed E-state index contributed by atoms with van der Waals surface area (Å²) in [5.41, 5.74) is -1.54. The second-order valence-corrected chi connectivity index (χ2v) is 4.10. The maximum Gasteiger partial charge on any atom is 0.329 e. The second kappa shape index (κ2) is 4.40. The summed E-state index contributed by atoms with van der Waals surface area (Å²) in [6.07, 6.45) is 1.36. The van der Waals surface area contributed by atoms with Gasteiger partial charge in [0.25, 0.3) is 5.91 Å². The highest BCUT2D eigenvalue weighted by atomic mass is 16.4. The van der Waals surface area contributed by atoms with E-state index in [9.17, 15) is 14.7 Å². The van der Waals surface area contributed by atoms with Gasteiger partial charge in [-0.2, -0.15) is 0 Å². The molecular formula is C11H14N2O4. The number of carbonyl (C=O) groups is 2. The molecule has 0 atom stereocenters. The van der Waals surface area contributed by atoms with Crippen LogP contribution in [0.4, 0.5) is 0 Å². The first kappa shape index (κ1) is 13.0. The van der Waals surface area contributed by atoms with E-state index in [-0.39, 0.29) is 11.4 Å². The molecule has 0 aliphatic rings. The van der Waals surface area contributed by atoms with Crippen LogP contribution in [-0.2, 0) is 4.79 Å². The molecule has 1 aromatic heterocycles. The predicted molar refractivity (Wildman–Crippen MR) is 59.7 cm³/mol. The summed E-state index contributed by atoms with van der Waals surface area (Å²) in [4.78, 5) is 27.7. The Balaban J connectivity index is 3.07. The summed E-state index contributed by atoms with van der Waals surface area (Å²) in [6.45, 7) is 2.79. The largest absolute Gasteiger partial charge is 0.505 e. The molecule has 1 heterocycles. The van der Waals surface area contributed by atoms with Gasteiger partial charge in [0.15, 0.2) is 5.69 Å². The zero-order chi connectivity index (χ0) is 13.2. The number of aromatic nitrogens is 1. The van der Waals surface area contributed by atoms with E-state index in [1.807, 2.05) is 0 Å². The molecule has 0 fully saturated rings. The molecule has 0 bridgehead atoms. The van der Waals surface area contributed by atoms with Crippen LogP contribution in [0, 0.1) is 0 Å². The van der Waals surface area contributed by atoms with E-state index in [4.69, 9.17) is 5.11 Å². The van der Waals surface area contributed by atoms with Crippen molar-refractivity contribution in [3.8, 4) is 5.75 Å². The van der Waals surface area contributed by atoms with Crippen molar-refractivity contribution in [2.75, 3.05) is 7.05 Å². The molecule has 6 heteroatoms. The topological polar surface area (TPSA) is 90.7 Å². The minimum Gasteiger partial charge on any atom is -0.505 e. The maximum absolute atomic E-state index is 12.0. The zero-order valence-electron chi connectivity index (χ0n) is 9.84. The number of hydrogen-bond donors (Lipinski definition) is 2. The first-order chi connectivity index (χ1) is 7.78. The van der Waals surface area contributed by atoms with Gasteiger partial charge in [0, 0.05) is 13.2 Å². The van der Waals surface area contributed by atoms with Crippen LogP contribution in [0.3, 0.4) is 0 Å². The number of pyridine rings is 1. The Morgan fingerprint density at radius 3 is 2.47 bits per heavy atom. The second-order valence-electron chi connectivity index (χ2n) is 4.10. The van der Waals surface area contributed by atoms with Gasteiger partial charge >= 0.3 is 5.97 Å². The normalized spacial score (nSPS) is 11.0. The van der Waals surface area contributed by atoms with Crippen molar-refractivity contribution in [1.29, 1.82) is 0 Å². The van der Waals surface area contributed by atoms with Crippen molar-refractivity contribution >= 4 is 11.9 Å². The number of carboxylic acids is 1. The molecule has 17 heavy (non-hydrogen) atoms. The smallest absolute Gasteiger partial charge is 0.329 e. The fourth-order valence-electron chi connectivity index (χ4n) is 1.12. The fourth-order valence-corrected chi connectivity index (χ4v) is 1.12. The van der Waals surface area contributed by atoms with Gasteiger partial charge in [0.2, 0.25) is 0 Å². The van der Waals surface area contributed by atoms with Crippen LogP contribution >= 0.6 is 0 Å². The molecule has 0 aliphatic heterocycles. The van der Waals surface area contributed by atoms with E-state index in [1.165, 1.54) is 39.2 Å². The molecule has 2 N–H and O–H groups in total. The number of rotatable bonds is 3. The Kier molecular flexibility index (Phi) is 3.36. The number of aliphatic carboxylic acids is 1. The molecule has 0 saturated carbocycles. The Labute approximate surface area is 98.5 Å². The number of amides is 1. The third-order valence-corrected chi connectivity index (χ3v) is 2.66. The van der Waals surface area contributed by atoms with Crippen LogP contribution < -0.4 is 0 Å². The molecule has 1 rings (SSSR count). The summed E-state index contributed by atoms with van der Waals surface area (Å²) in [5, 5.41) is 18.5. The van der Waals surface area contributed by atoms with Crippen molar-refractivity contribution in [1.82, 2.24) is 9.88 Å². The molecule has 0 spiro atoms. The Bertz CT molecular complexity index is 457. The van der Waals surface area contributed by atoms with Crippen molar-refractivity contribution < 1.29 is 19.8 Å². The number of carbonyl (C=O) groups excluding carboxylic acids is 1. The highest BCUT2D eigenvalue weighted by molar-refractivity contribution is 5.97. The van der Waals surface area contributed by atoms with Gasteiger partial charge in [-0.15, -0.1) is 0 Å². The van der Waals surface area contributed by atoms with Gasteiger partial charge in [0.1, 0.15) is 11.3 Å². The zero-order valence-corrected chi connectivity index (χ0v) is 9.84. The molecule has 1 aromatic rings. The summed E-state index contributed by atoms with van der Waals surface area (Å²) in [7, 11) is 1.35. The standard InChI is InChI=1S/C11H14N2O4/c1-11(2,10(16)17)13(3)9(15)8-7(14)5-4-6-12-8/h4-6,14H,1-3H3,(H,16,17). The van der Waals surface area contributed by atoms with Crippen molar-refractivity contribution in [2.24, 2.45) is 0 Å². The highest BCUT2D eigenvalue weighted by Gasteiger charge is 2.36. The van der Waals surface area contributed by atoms with E-state index in [1.54, 1.807) is 0 Å². The average Bonchev–Trinajstić information content (AvgIpc) is 2.27. The number of hydrogen-bond acceptors (Lipinski definition) is 4. The molecule has 0 saturated heterocycles. The number of nitrogens with zero attached hydrogens (tertiary/aromatic N) is 2. The lowest BCUT2D eigenvalue weighted by Crippen LogP contribution is -2.50. The number of aromatic hydroxyl groups is 1. The Morgan fingerprint density at radius 1 is 1.41 bits per heavy atom. The van der Waals surface area contributed by atoms with Crippen molar-refractivity contribution in [3.05, 3.63) is 24.0 Å². The average molecular weight is 238 g/mol. The third-order valence-electron chi connectivity index (χ3n) is 2.66. The fraction of sp³-hybridized carbons (Fsp3) is 0.364. The van der Waals surface area contributed by atoms with E-state index in [0.717, 1.165) is 4.90 Å². The van der Waals surface area contributed by atoms with Crippen LogP contribution in [0.5, 0.6) is 5.75 Å². The first-order valence-electron chi connectivity index (χ1n) is 4.94. The molecule has 0 aliphatic carbocycles. The highest BCUT2D eigenvalue weighted by Crippen LogP contribution is 2.20. The van der Waals surface area contributed by atoms with E-state index in [2.05, 4.69) is 4.98 Å². The minimum atomic E-state index is -1.37. The summed E-state index contributed by atoms with van der Waals surface area (Å²) in [6, 6.07) is 2.80. The lowest BCUT2D eigenvalue weighted by Gasteiger charge is -2.31. The van der Waals surface area contributed by atoms with E-state index < -0.39 is 17.4 Å². The van der Waals surface area contributed by atoms with Crippen LogP contribution in [0.15, 0.2) is 18.3 Å². The van der Waals surface area contributed by atoms with Gasteiger partial charge in [-0.25, -0.2) is 9.78 Å². The minimum absolute atomic E-state index is 0.163. The lowest BCUT2D eigenvalue weighted by molar-refractivity contribution is -0.147. The molecule has 1 amide bonds. The van der Waals surface area contributed by atoms with Crippen LogP contribution in [0.1, 0.15) is 24.3 Å². The first-order valence-corrected chi connectivity index (χ1v) is 4.94. The van der Waals surface area contributed by atoms with E-state index >= 15 is 0 Å². The molecule has 0 aromatic carbocycles. The SMILES string of the molecule is CN(C(=O)c1ncccc1O)C(C)(C)C(=O)O. The van der Waals surface area contributed by atoms with Crippen LogP contribution in [0.25, 0.3) is 0 Å². The summed E-state index contributed by atoms with van der Waals surface area (Å²) >= 11 is 0. The van der Waals surface area contributed by atoms with Gasteiger partial charge in [-0.05, 0) is 26.0 Å². The van der Waals surface area contributed by atoms with Gasteiger partial charge in [0.05, 0.1) is 0 Å². The number of carboxylic acid groups (broad SMARTS) is 1. The number of likely N-dealkylation sites (N-methyl/N-ethyl adjacent to an activating group) is 1. The van der Waals surface area contributed by atoms with Gasteiger partial charge in [-0.1, -0.05) is 0 Å². The lowest BCUT2D eigenvalue weighted by atomic mass is 10.0. The van der Waals surface area contributed by atoms with Crippen LogP contribution in [-0.4, -0.2) is 44.6 Å². The van der Waals surface area contributed by atoms with Gasteiger partial charge < -0.3 is 15.1 Å². The summed E-state index contributed by atoms with van der Waals surface area (Å²) < 4.78 is 0. The third kappa shape index (κ3) is 2.35. The van der Waals surface area contributed by atoms with E-state index in [0.29, 0.717) is 0 Å². The summed E-state index contributed by atoms with van der Waals surface area (Å²) in [5.74, 6) is -2.05. The molecular weight excluding hydrogens is 224 g/mol. The predicted octanol–water partition coefficient (Wildman–Crippen LogP) is 0.722. The van der Waals surface area contributed by atoms with Crippen molar-refractivity contribution in [2.45, 2.75) is 19.4 Å². The monoisotopic (exact) mass is 238 g/mol. The molecule has 6 nitrogen and oxygen atoms in total. The van der Waals surface area contributed by atoms with Gasteiger partial charge in [-0.3, -0.25) is 4.79 Å². The molecule has 0 unspecified atom stereocenters. The Hall–Kier alpha value is -2.11. The Morgan fingerprint density at radius 2 is 2.00 bits per heavy atom. The van der Waals surface area contributed by atoms with Crippen molar-refractivity contribution in [3.63, 3.8) is 0 Å². The quantitative estimate of drug-likeness (QED) is 0.809. The molecule has 0 radical (unpaired) electrons. The van der Waals surface area contributed by atoms with Crippen LogP contribution in [0.2, 0.25) is 0 Å². The molecule has 92 valence electrons.